The van der Waals surface area contributed by atoms with Gasteiger partial charge in [-0.25, -0.2) is 8.78 Å². The van der Waals surface area contributed by atoms with Gasteiger partial charge in [0.2, 0.25) is 5.91 Å². The molecule has 0 bridgehead atoms. The van der Waals surface area contributed by atoms with Crippen molar-refractivity contribution >= 4 is 11.9 Å². The van der Waals surface area contributed by atoms with Crippen LogP contribution in [0.1, 0.15) is 31.7 Å². The van der Waals surface area contributed by atoms with Gasteiger partial charge in [0.25, 0.3) is 0 Å². The number of aliphatic hydroxyl groups is 1. The normalized spacial score (nSPS) is 24.0. The van der Waals surface area contributed by atoms with Crippen LogP contribution in [0.2, 0.25) is 0 Å². The molecule has 2 N–H and O–H groups in total. The Labute approximate surface area is 138 Å². The van der Waals surface area contributed by atoms with Crippen LogP contribution in [-0.4, -0.2) is 46.2 Å². The van der Waals surface area contributed by atoms with Crippen LogP contribution in [0.15, 0.2) is 18.2 Å². The second kappa shape index (κ2) is 7.25. The number of carbonyl (C=O) groups is 2. The summed E-state index contributed by atoms with van der Waals surface area (Å²) in [6, 6.07) is 3.37. The van der Waals surface area contributed by atoms with Gasteiger partial charge in [-0.3, -0.25) is 9.59 Å². The number of aliphatic hydroxyl groups excluding tert-OH is 1. The van der Waals surface area contributed by atoms with Gasteiger partial charge in [0.15, 0.2) is 0 Å². The van der Waals surface area contributed by atoms with Crippen molar-refractivity contribution in [3.05, 3.63) is 35.4 Å². The molecule has 132 valence electrons. The third-order valence-electron chi connectivity index (χ3n) is 4.72. The number of carbonyl (C=O) groups excluding carboxylic acids is 1. The van der Waals surface area contributed by atoms with E-state index in [9.17, 15) is 28.6 Å². The third kappa shape index (κ3) is 3.40. The van der Waals surface area contributed by atoms with E-state index in [0.29, 0.717) is 12.8 Å². The number of carboxylic acids is 1. The van der Waals surface area contributed by atoms with E-state index < -0.39 is 41.5 Å². The number of hydrogen-bond acceptors (Lipinski definition) is 3. The van der Waals surface area contributed by atoms with E-state index in [1.165, 1.54) is 11.0 Å². The minimum atomic E-state index is -1.27. The maximum Gasteiger partial charge on any atom is 0.312 e. The number of piperidine rings is 1. The van der Waals surface area contributed by atoms with Crippen molar-refractivity contribution in [2.75, 3.05) is 13.1 Å². The summed E-state index contributed by atoms with van der Waals surface area (Å²) >= 11 is 0. The Balaban J connectivity index is 2.10. The van der Waals surface area contributed by atoms with Crippen molar-refractivity contribution in [3.8, 4) is 0 Å². The van der Waals surface area contributed by atoms with Gasteiger partial charge in [-0.1, -0.05) is 19.4 Å². The van der Waals surface area contributed by atoms with Crippen molar-refractivity contribution in [3.63, 3.8) is 0 Å². The molecule has 1 amide bonds. The Morgan fingerprint density at radius 2 is 1.96 bits per heavy atom. The van der Waals surface area contributed by atoms with Gasteiger partial charge >= 0.3 is 5.97 Å². The number of rotatable bonds is 5. The summed E-state index contributed by atoms with van der Waals surface area (Å²) in [5, 5.41) is 19.8. The third-order valence-corrected chi connectivity index (χ3v) is 4.72. The lowest BCUT2D eigenvalue weighted by atomic mass is 9.72. The van der Waals surface area contributed by atoms with Gasteiger partial charge in [-0.2, -0.15) is 0 Å². The Morgan fingerprint density at radius 3 is 2.46 bits per heavy atom. The molecular formula is C17H21F2NO4. The van der Waals surface area contributed by atoms with Crippen LogP contribution in [0.3, 0.4) is 0 Å². The molecule has 1 aromatic rings. The van der Waals surface area contributed by atoms with Gasteiger partial charge in [-0.05, 0) is 25.0 Å². The minimum Gasteiger partial charge on any atom is -0.481 e. The molecule has 0 unspecified atom stereocenters. The molecule has 1 heterocycles. The highest BCUT2D eigenvalue weighted by Crippen LogP contribution is 2.37. The summed E-state index contributed by atoms with van der Waals surface area (Å²) in [6.07, 6.45) is -0.647. The molecule has 1 fully saturated rings. The summed E-state index contributed by atoms with van der Waals surface area (Å²) in [5.41, 5.74) is -1.59. The number of halogens is 2. The van der Waals surface area contributed by atoms with Crippen LogP contribution >= 0.6 is 0 Å². The van der Waals surface area contributed by atoms with Gasteiger partial charge < -0.3 is 15.1 Å². The van der Waals surface area contributed by atoms with Crippen molar-refractivity contribution in [1.82, 2.24) is 4.90 Å². The monoisotopic (exact) mass is 341 g/mol. The highest BCUT2D eigenvalue weighted by molar-refractivity contribution is 5.80. The van der Waals surface area contributed by atoms with Crippen LogP contribution in [0.4, 0.5) is 8.78 Å². The smallest absolute Gasteiger partial charge is 0.312 e. The van der Waals surface area contributed by atoms with Crippen molar-refractivity contribution < 1.29 is 28.6 Å². The molecule has 0 aliphatic carbocycles. The molecule has 2 atom stereocenters. The average Bonchev–Trinajstić information content (AvgIpc) is 2.52. The molecule has 0 aromatic heterocycles. The topological polar surface area (TPSA) is 77.8 Å². The number of likely N-dealkylation sites (tertiary alicyclic amines) is 1. The molecule has 0 radical (unpaired) electrons. The number of hydrogen-bond donors (Lipinski definition) is 2. The summed E-state index contributed by atoms with van der Waals surface area (Å²) < 4.78 is 27.3. The van der Waals surface area contributed by atoms with Gasteiger partial charge in [0, 0.05) is 18.7 Å². The quantitative estimate of drug-likeness (QED) is 0.858. The Hall–Kier alpha value is -2.02. The van der Waals surface area contributed by atoms with Crippen LogP contribution in [-0.2, 0) is 16.0 Å². The van der Waals surface area contributed by atoms with Crippen LogP contribution < -0.4 is 0 Å². The fourth-order valence-corrected chi connectivity index (χ4v) is 3.26. The van der Waals surface area contributed by atoms with Gasteiger partial charge in [-0.15, -0.1) is 0 Å². The molecule has 7 heteroatoms. The molecular weight excluding hydrogens is 320 g/mol. The maximum atomic E-state index is 13.6. The second-order valence-corrected chi connectivity index (χ2v) is 6.19. The first-order valence-electron chi connectivity index (χ1n) is 7.94. The minimum absolute atomic E-state index is 0.114. The van der Waals surface area contributed by atoms with E-state index in [1.54, 1.807) is 0 Å². The summed E-state index contributed by atoms with van der Waals surface area (Å²) in [5.74, 6) is -3.21. The molecule has 5 nitrogen and oxygen atoms in total. The Bertz CT molecular complexity index is 617. The predicted octanol–water partition coefficient (Wildman–Crippen LogP) is 1.97. The van der Waals surface area contributed by atoms with E-state index in [-0.39, 0.29) is 25.1 Å². The zero-order valence-electron chi connectivity index (χ0n) is 13.5. The lowest BCUT2D eigenvalue weighted by molar-refractivity contribution is -0.167. The number of amides is 1. The Kier molecular flexibility index (Phi) is 5.54. The largest absolute Gasteiger partial charge is 0.481 e. The maximum absolute atomic E-state index is 13.6. The highest BCUT2D eigenvalue weighted by Gasteiger charge is 2.48. The van der Waals surface area contributed by atoms with Crippen LogP contribution in [0.5, 0.6) is 0 Å². The van der Waals surface area contributed by atoms with E-state index >= 15 is 0 Å². The van der Waals surface area contributed by atoms with Crippen molar-refractivity contribution in [1.29, 1.82) is 0 Å². The summed E-state index contributed by atoms with van der Waals surface area (Å²) in [7, 11) is 0. The molecule has 0 saturated carbocycles. The van der Waals surface area contributed by atoms with E-state index in [1.807, 2.05) is 6.92 Å². The molecule has 2 rings (SSSR count). The zero-order chi connectivity index (χ0) is 17.9. The van der Waals surface area contributed by atoms with Gasteiger partial charge in [0.1, 0.15) is 11.6 Å². The lowest BCUT2D eigenvalue weighted by Crippen LogP contribution is -2.56. The fourth-order valence-electron chi connectivity index (χ4n) is 3.26. The number of β-amino-alcohol motifs (C(OH)–C–C–N with tert-alkyl or cyclic N) is 1. The number of carboxylic acid groups (broad SMARTS) is 1. The fraction of sp³-hybridized carbons (Fsp3) is 0.529. The van der Waals surface area contributed by atoms with Crippen molar-refractivity contribution in [2.45, 2.75) is 38.7 Å². The van der Waals surface area contributed by atoms with Crippen molar-refractivity contribution in [2.24, 2.45) is 5.41 Å². The number of aliphatic carboxylic acids is 1. The van der Waals surface area contributed by atoms with Crippen LogP contribution in [0, 0.1) is 17.0 Å². The second-order valence-electron chi connectivity index (χ2n) is 6.19. The summed E-state index contributed by atoms with van der Waals surface area (Å²) in [6.45, 7) is 1.81. The summed E-state index contributed by atoms with van der Waals surface area (Å²) in [4.78, 5) is 25.1. The van der Waals surface area contributed by atoms with Gasteiger partial charge in [0.05, 0.1) is 17.9 Å². The molecule has 1 saturated heterocycles. The molecule has 24 heavy (non-hydrogen) atoms. The number of benzene rings is 1. The first-order valence-corrected chi connectivity index (χ1v) is 7.94. The number of nitrogens with zero attached hydrogens (tertiary/aromatic N) is 1. The molecule has 1 aliphatic heterocycles. The molecule has 0 spiro atoms. The zero-order valence-corrected chi connectivity index (χ0v) is 13.5. The first kappa shape index (κ1) is 18.3. The van der Waals surface area contributed by atoms with E-state index in [0.717, 1.165) is 12.1 Å². The van der Waals surface area contributed by atoms with Crippen LogP contribution in [0.25, 0.3) is 0 Å². The highest BCUT2D eigenvalue weighted by atomic mass is 19.1. The molecule has 1 aromatic carbocycles. The average molecular weight is 341 g/mol. The predicted molar refractivity (Wildman–Crippen MR) is 82.2 cm³/mol. The van der Waals surface area contributed by atoms with E-state index in [2.05, 4.69) is 0 Å². The van der Waals surface area contributed by atoms with E-state index in [4.69, 9.17) is 0 Å². The molecule has 1 aliphatic rings. The standard InChI is InChI=1S/C17H21F2NO4/c1-2-6-17(16(23)24)7-8-20(10-14(17)21)15(22)9-11-12(18)4-3-5-13(11)19/h3-5,14,21H,2,6-10H2,1H3,(H,23,24)/t14-,17-/m0/s1. The lowest BCUT2D eigenvalue weighted by Gasteiger charge is -2.42. The SMILES string of the molecule is CCC[C@]1(C(=O)O)CCN(C(=O)Cc2c(F)cccc2F)C[C@@H]1O. The first-order chi connectivity index (χ1) is 11.3. The Morgan fingerprint density at radius 1 is 1.33 bits per heavy atom.